The molecular weight excluding hydrogens is 228 g/mol. The Labute approximate surface area is 112 Å². The van der Waals surface area contributed by atoms with Crippen molar-refractivity contribution >= 4 is 0 Å². The van der Waals surface area contributed by atoms with E-state index in [1.807, 2.05) is 7.11 Å². The van der Waals surface area contributed by atoms with E-state index < -0.39 is 0 Å². The summed E-state index contributed by atoms with van der Waals surface area (Å²) in [5.41, 5.74) is 0.00893. The summed E-state index contributed by atoms with van der Waals surface area (Å²) in [6.07, 6.45) is 3.54. The first-order chi connectivity index (χ1) is 8.65. The van der Waals surface area contributed by atoms with Crippen LogP contribution < -0.4 is 5.32 Å². The summed E-state index contributed by atoms with van der Waals surface area (Å²) in [4.78, 5) is 2.51. The fourth-order valence-electron chi connectivity index (χ4n) is 2.65. The molecule has 0 aromatic heterocycles. The van der Waals surface area contributed by atoms with Crippen molar-refractivity contribution in [3.63, 3.8) is 0 Å². The number of rotatable bonds is 8. The van der Waals surface area contributed by atoms with Crippen LogP contribution in [0.25, 0.3) is 0 Å². The van der Waals surface area contributed by atoms with Crippen LogP contribution in [0.4, 0.5) is 0 Å². The summed E-state index contributed by atoms with van der Waals surface area (Å²) in [5.74, 6) is 0. The number of piperidine rings is 1. The molecule has 4 heteroatoms. The molecule has 1 N–H and O–H groups in total. The predicted octanol–water partition coefficient (Wildman–Crippen LogP) is 1.50. The largest absolute Gasteiger partial charge is 0.383 e. The molecule has 18 heavy (non-hydrogen) atoms. The third-order valence-corrected chi connectivity index (χ3v) is 3.86. The van der Waals surface area contributed by atoms with Crippen molar-refractivity contribution in [3.05, 3.63) is 0 Å². The first kappa shape index (κ1) is 15.9. The van der Waals surface area contributed by atoms with Crippen LogP contribution in [0.2, 0.25) is 0 Å². The monoisotopic (exact) mass is 258 g/mol. The van der Waals surface area contributed by atoms with Crippen molar-refractivity contribution < 1.29 is 9.47 Å². The Balaban J connectivity index is 2.50. The van der Waals surface area contributed by atoms with Crippen LogP contribution in [0.15, 0.2) is 0 Å². The van der Waals surface area contributed by atoms with E-state index in [0.717, 1.165) is 39.2 Å². The van der Waals surface area contributed by atoms with Gasteiger partial charge in [0.25, 0.3) is 0 Å². The fourth-order valence-corrected chi connectivity index (χ4v) is 2.65. The van der Waals surface area contributed by atoms with Gasteiger partial charge < -0.3 is 14.8 Å². The molecule has 2 atom stereocenters. The summed E-state index contributed by atoms with van der Waals surface area (Å²) in [6, 6.07) is 0.455. The van der Waals surface area contributed by atoms with E-state index in [0.29, 0.717) is 6.04 Å². The quantitative estimate of drug-likeness (QED) is 0.669. The summed E-state index contributed by atoms with van der Waals surface area (Å²) in [6.45, 7) is 9.43. The van der Waals surface area contributed by atoms with E-state index in [4.69, 9.17) is 9.47 Å². The van der Waals surface area contributed by atoms with E-state index in [-0.39, 0.29) is 5.60 Å². The zero-order valence-electron chi connectivity index (χ0n) is 12.5. The first-order valence-electron chi connectivity index (χ1n) is 7.14. The molecule has 0 bridgehead atoms. The van der Waals surface area contributed by atoms with E-state index in [1.54, 1.807) is 7.11 Å². The molecule has 0 aromatic carbocycles. The van der Waals surface area contributed by atoms with Gasteiger partial charge in [-0.15, -0.1) is 0 Å². The van der Waals surface area contributed by atoms with Gasteiger partial charge in [0.2, 0.25) is 0 Å². The molecule has 1 heterocycles. The third-order valence-electron chi connectivity index (χ3n) is 3.86. The molecule has 4 nitrogen and oxygen atoms in total. The Morgan fingerprint density at radius 2 is 2.17 bits per heavy atom. The molecule has 0 aromatic rings. The molecule has 1 aliphatic heterocycles. The number of likely N-dealkylation sites (tertiary alicyclic amines) is 1. The Morgan fingerprint density at radius 3 is 2.78 bits per heavy atom. The topological polar surface area (TPSA) is 33.7 Å². The third kappa shape index (κ3) is 4.84. The maximum atomic E-state index is 5.66. The molecule has 0 amide bonds. The van der Waals surface area contributed by atoms with Crippen LogP contribution in [0.5, 0.6) is 0 Å². The highest BCUT2D eigenvalue weighted by molar-refractivity contribution is 4.88. The van der Waals surface area contributed by atoms with Gasteiger partial charge in [-0.2, -0.15) is 0 Å². The number of ether oxygens (including phenoxy) is 2. The van der Waals surface area contributed by atoms with Crippen molar-refractivity contribution in [1.29, 1.82) is 0 Å². The lowest BCUT2D eigenvalue weighted by Crippen LogP contribution is -2.55. The van der Waals surface area contributed by atoms with Crippen molar-refractivity contribution in [2.24, 2.45) is 0 Å². The second-order valence-corrected chi connectivity index (χ2v) is 5.54. The normalized spacial score (nSPS) is 27.3. The minimum Gasteiger partial charge on any atom is -0.383 e. The van der Waals surface area contributed by atoms with Crippen LogP contribution >= 0.6 is 0 Å². The van der Waals surface area contributed by atoms with Crippen molar-refractivity contribution in [3.8, 4) is 0 Å². The summed E-state index contributed by atoms with van der Waals surface area (Å²) in [7, 11) is 3.61. The molecule has 1 rings (SSSR count). The van der Waals surface area contributed by atoms with E-state index in [1.165, 1.54) is 12.8 Å². The average molecular weight is 258 g/mol. The maximum Gasteiger partial charge on any atom is 0.0777 e. The van der Waals surface area contributed by atoms with Crippen LogP contribution in [-0.2, 0) is 9.47 Å². The summed E-state index contributed by atoms with van der Waals surface area (Å²) >= 11 is 0. The molecule has 2 unspecified atom stereocenters. The minimum atomic E-state index is 0.00893. The SMILES string of the molecule is CCCNCC(COC)N1CCCC(C)(OC)C1. The molecule has 0 saturated carbocycles. The highest BCUT2D eigenvalue weighted by Crippen LogP contribution is 2.25. The minimum absolute atomic E-state index is 0.00893. The molecular formula is C14H30N2O2. The number of nitrogens with zero attached hydrogens (tertiary/aromatic N) is 1. The fraction of sp³-hybridized carbons (Fsp3) is 1.00. The van der Waals surface area contributed by atoms with Crippen LogP contribution in [0, 0.1) is 0 Å². The van der Waals surface area contributed by atoms with Gasteiger partial charge in [0.15, 0.2) is 0 Å². The second kappa shape index (κ2) is 8.10. The van der Waals surface area contributed by atoms with Crippen molar-refractivity contribution in [2.45, 2.75) is 44.8 Å². The zero-order valence-corrected chi connectivity index (χ0v) is 12.5. The van der Waals surface area contributed by atoms with Gasteiger partial charge in [-0.3, -0.25) is 4.90 Å². The first-order valence-corrected chi connectivity index (χ1v) is 7.14. The molecule has 1 aliphatic rings. The van der Waals surface area contributed by atoms with E-state index >= 15 is 0 Å². The number of nitrogens with one attached hydrogen (secondary N) is 1. The van der Waals surface area contributed by atoms with Crippen LogP contribution in [-0.4, -0.2) is 63.5 Å². The van der Waals surface area contributed by atoms with Gasteiger partial charge in [-0.25, -0.2) is 0 Å². The zero-order chi connectivity index (χ0) is 13.4. The van der Waals surface area contributed by atoms with Gasteiger partial charge in [0.1, 0.15) is 0 Å². The maximum absolute atomic E-state index is 5.66. The summed E-state index contributed by atoms with van der Waals surface area (Å²) < 4.78 is 11.0. The van der Waals surface area contributed by atoms with Gasteiger partial charge in [0.05, 0.1) is 12.2 Å². The smallest absolute Gasteiger partial charge is 0.0777 e. The average Bonchev–Trinajstić information content (AvgIpc) is 2.38. The van der Waals surface area contributed by atoms with Gasteiger partial charge in [-0.1, -0.05) is 6.92 Å². The van der Waals surface area contributed by atoms with Crippen LogP contribution in [0.3, 0.4) is 0 Å². The van der Waals surface area contributed by atoms with Crippen molar-refractivity contribution in [1.82, 2.24) is 10.2 Å². The molecule has 108 valence electrons. The number of methoxy groups -OCH3 is 2. The van der Waals surface area contributed by atoms with Gasteiger partial charge in [-0.05, 0) is 39.3 Å². The van der Waals surface area contributed by atoms with Crippen molar-refractivity contribution in [2.75, 3.05) is 47.0 Å². The number of hydrogen-bond donors (Lipinski definition) is 1. The predicted molar refractivity (Wildman–Crippen MR) is 75.0 cm³/mol. The van der Waals surface area contributed by atoms with E-state index in [2.05, 4.69) is 24.1 Å². The molecule has 1 saturated heterocycles. The standard InChI is InChI=1S/C14H30N2O2/c1-5-8-15-10-13(11-17-3)16-9-6-7-14(2,12-16)18-4/h13,15H,5-12H2,1-4H3. The lowest BCUT2D eigenvalue weighted by atomic mass is 9.93. The lowest BCUT2D eigenvalue weighted by Gasteiger charge is -2.43. The number of hydrogen-bond acceptors (Lipinski definition) is 4. The van der Waals surface area contributed by atoms with E-state index in [9.17, 15) is 0 Å². The Morgan fingerprint density at radius 1 is 1.39 bits per heavy atom. The lowest BCUT2D eigenvalue weighted by molar-refractivity contribution is -0.0679. The molecule has 0 spiro atoms. The Bertz CT molecular complexity index is 226. The highest BCUT2D eigenvalue weighted by atomic mass is 16.5. The Hall–Kier alpha value is -0.160. The van der Waals surface area contributed by atoms with Crippen LogP contribution in [0.1, 0.15) is 33.1 Å². The second-order valence-electron chi connectivity index (χ2n) is 5.54. The Kier molecular flexibility index (Phi) is 7.15. The van der Waals surface area contributed by atoms with Gasteiger partial charge in [0, 0.05) is 33.4 Å². The molecule has 1 fully saturated rings. The summed E-state index contributed by atoms with van der Waals surface area (Å²) in [5, 5.41) is 3.50. The molecule has 0 radical (unpaired) electrons. The molecule has 0 aliphatic carbocycles. The van der Waals surface area contributed by atoms with Gasteiger partial charge >= 0.3 is 0 Å². The highest BCUT2D eigenvalue weighted by Gasteiger charge is 2.33.